The van der Waals surface area contributed by atoms with Gasteiger partial charge in [-0.05, 0) is 24.3 Å². The predicted molar refractivity (Wildman–Crippen MR) is 113 cm³/mol. The summed E-state index contributed by atoms with van der Waals surface area (Å²) in [4.78, 5) is 13.7. The molecule has 0 radical (unpaired) electrons. The standard InChI is InChI=1S/C22H27N5O2/c1-26-12-8-19(16-6-9-23-10-7-16)25-22(26)27-13-11-24-20(15-27)18-5-4-17(28-2)14-21(18)29-3/h4-10,12,14,20,22,24H,11,13,15H2,1-3H3. The first-order chi connectivity index (χ1) is 14.2. The largest absolute Gasteiger partial charge is 0.497 e. The Morgan fingerprint density at radius 1 is 1.10 bits per heavy atom. The zero-order chi connectivity index (χ0) is 20.2. The number of piperazine rings is 1. The minimum atomic E-state index is -0.0444. The molecular formula is C22H27N5O2. The lowest BCUT2D eigenvalue weighted by Gasteiger charge is -2.41. The Hall–Kier alpha value is -2.90. The quantitative estimate of drug-likeness (QED) is 0.841. The summed E-state index contributed by atoms with van der Waals surface area (Å²) in [6, 6.07) is 10.1. The smallest absolute Gasteiger partial charge is 0.178 e. The third-order valence-corrected chi connectivity index (χ3v) is 5.41. The molecule has 2 aromatic rings. The zero-order valence-corrected chi connectivity index (χ0v) is 17.1. The molecule has 29 heavy (non-hydrogen) atoms. The maximum Gasteiger partial charge on any atom is 0.178 e. The fraction of sp³-hybridized carbons (Fsp3) is 0.364. The predicted octanol–water partition coefficient (Wildman–Crippen LogP) is 2.28. The van der Waals surface area contributed by atoms with Crippen LogP contribution >= 0.6 is 0 Å². The molecule has 1 aromatic carbocycles. The maximum atomic E-state index is 5.62. The molecule has 0 saturated carbocycles. The Morgan fingerprint density at radius 3 is 2.69 bits per heavy atom. The third-order valence-electron chi connectivity index (χ3n) is 5.41. The summed E-state index contributed by atoms with van der Waals surface area (Å²) in [5.41, 5.74) is 3.19. The van der Waals surface area contributed by atoms with Gasteiger partial charge in [0.15, 0.2) is 6.29 Å². The van der Waals surface area contributed by atoms with E-state index >= 15 is 0 Å². The monoisotopic (exact) mass is 393 g/mol. The summed E-state index contributed by atoms with van der Waals surface area (Å²) < 4.78 is 11.0. The number of benzene rings is 1. The van der Waals surface area contributed by atoms with Crippen molar-refractivity contribution in [2.24, 2.45) is 4.99 Å². The highest BCUT2D eigenvalue weighted by atomic mass is 16.5. The number of nitrogens with zero attached hydrogens (tertiary/aromatic N) is 4. The maximum absolute atomic E-state index is 5.62. The molecule has 3 heterocycles. The third kappa shape index (κ3) is 4.11. The van der Waals surface area contributed by atoms with E-state index in [1.54, 1.807) is 26.6 Å². The Kier molecular flexibility index (Phi) is 5.78. The lowest BCUT2D eigenvalue weighted by Crippen LogP contribution is -2.54. The molecule has 152 valence electrons. The summed E-state index contributed by atoms with van der Waals surface area (Å²) in [5, 5.41) is 3.62. The van der Waals surface area contributed by atoms with Gasteiger partial charge in [-0.25, -0.2) is 4.99 Å². The van der Waals surface area contributed by atoms with Gasteiger partial charge in [0.25, 0.3) is 0 Å². The normalized spacial score (nSPS) is 22.3. The van der Waals surface area contributed by atoms with Crippen LogP contribution < -0.4 is 14.8 Å². The van der Waals surface area contributed by atoms with Crippen LogP contribution in [0.15, 0.2) is 60.0 Å². The van der Waals surface area contributed by atoms with Gasteiger partial charge in [-0.15, -0.1) is 0 Å². The number of hydrogen-bond donors (Lipinski definition) is 1. The number of ether oxygens (including phenoxy) is 2. The van der Waals surface area contributed by atoms with E-state index in [1.807, 2.05) is 24.3 Å². The highest BCUT2D eigenvalue weighted by Gasteiger charge is 2.30. The first-order valence-corrected chi connectivity index (χ1v) is 9.77. The van der Waals surface area contributed by atoms with E-state index in [0.29, 0.717) is 0 Å². The lowest BCUT2D eigenvalue weighted by molar-refractivity contribution is 0.0679. The van der Waals surface area contributed by atoms with Crippen LogP contribution in [0, 0.1) is 0 Å². The van der Waals surface area contributed by atoms with Gasteiger partial charge >= 0.3 is 0 Å². The summed E-state index contributed by atoms with van der Waals surface area (Å²) in [6.07, 6.45) is 7.71. The average Bonchev–Trinajstić information content (AvgIpc) is 2.79. The van der Waals surface area contributed by atoms with E-state index in [9.17, 15) is 0 Å². The molecule has 1 fully saturated rings. The second-order valence-electron chi connectivity index (χ2n) is 7.19. The van der Waals surface area contributed by atoms with Crippen molar-refractivity contribution in [3.63, 3.8) is 0 Å². The lowest BCUT2D eigenvalue weighted by atomic mass is 10.0. The summed E-state index contributed by atoms with van der Waals surface area (Å²) in [7, 11) is 5.43. The first-order valence-electron chi connectivity index (χ1n) is 9.77. The van der Waals surface area contributed by atoms with Crippen LogP contribution in [0.3, 0.4) is 0 Å². The molecule has 2 aliphatic rings. The van der Waals surface area contributed by atoms with Crippen LogP contribution in [-0.2, 0) is 0 Å². The van der Waals surface area contributed by atoms with Gasteiger partial charge in [0.05, 0.1) is 19.9 Å². The number of pyridine rings is 1. The van der Waals surface area contributed by atoms with Crippen molar-refractivity contribution in [2.45, 2.75) is 12.3 Å². The van der Waals surface area contributed by atoms with Crippen molar-refractivity contribution in [1.29, 1.82) is 0 Å². The molecule has 7 nitrogen and oxygen atoms in total. The average molecular weight is 393 g/mol. The van der Waals surface area contributed by atoms with Gasteiger partial charge in [-0.3, -0.25) is 9.88 Å². The Labute approximate surface area is 171 Å². The van der Waals surface area contributed by atoms with Gasteiger partial charge in [0, 0.05) is 68.5 Å². The summed E-state index contributed by atoms with van der Waals surface area (Å²) >= 11 is 0. The molecule has 1 N–H and O–H groups in total. The molecule has 0 aliphatic carbocycles. The SMILES string of the molecule is COc1ccc(C2CN(C3N=C(c4ccncc4)C=CN3C)CCN2)c(OC)c1. The molecule has 4 rings (SSSR count). The number of methoxy groups -OCH3 is 2. The molecule has 0 bridgehead atoms. The molecule has 0 amide bonds. The van der Waals surface area contributed by atoms with E-state index in [4.69, 9.17) is 14.5 Å². The van der Waals surface area contributed by atoms with Crippen molar-refractivity contribution in [2.75, 3.05) is 40.9 Å². The Bertz CT molecular complexity index is 899. The number of hydrogen-bond acceptors (Lipinski definition) is 7. The van der Waals surface area contributed by atoms with Gasteiger partial charge in [-0.2, -0.15) is 0 Å². The van der Waals surface area contributed by atoms with Gasteiger partial charge in [-0.1, -0.05) is 6.07 Å². The van der Waals surface area contributed by atoms with E-state index in [0.717, 1.165) is 48.0 Å². The van der Waals surface area contributed by atoms with Crippen molar-refractivity contribution in [3.8, 4) is 11.5 Å². The van der Waals surface area contributed by atoms with E-state index in [-0.39, 0.29) is 12.3 Å². The fourth-order valence-corrected chi connectivity index (χ4v) is 3.85. The van der Waals surface area contributed by atoms with Crippen molar-refractivity contribution in [1.82, 2.24) is 20.1 Å². The number of aromatic nitrogens is 1. The molecule has 2 atom stereocenters. The van der Waals surface area contributed by atoms with E-state index in [1.165, 1.54) is 0 Å². The van der Waals surface area contributed by atoms with Crippen LogP contribution in [0.1, 0.15) is 17.2 Å². The van der Waals surface area contributed by atoms with Crippen molar-refractivity contribution >= 4 is 5.71 Å². The highest BCUT2D eigenvalue weighted by Crippen LogP contribution is 2.31. The number of aliphatic imine (C=N–C) groups is 1. The minimum Gasteiger partial charge on any atom is -0.497 e. The van der Waals surface area contributed by atoms with Gasteiger partial charge < -0.3 is 19.7 Å². The highest BCUT2D eigenvalue weighted by molar-refractivity contribution is 6.08. The van der Waals surface area contributed by atoms with Crippen molar-refractivity contribution in [3.05, 3.63) is 66.1 Å². The number of nitrogens with one attached hydrogen (secondary N) is 1. The van der Waals surface area contributed by atoms with Crippen LogP contribution in [0.2, 0.25) is 0 Å². The first kappa shape index (κ1) is 19.4. The summed E-state index contributed by atoms with van der Waals surface area (Å²) in [5.74, 6) is 1.63. The minimum absolute atomic E-state index is 0.0444. The Morgan fingerprint density at radius 2 is 1.93 bits per heavy atom. The van der Waals surface area contributed by atoms with Crippen molar-refractivity contribution < 1.29 is 9.47 Å². The molecule has 2 aliphatic heterocycles. The topological polar surface area (TPSA) is 62.2 Å². The number of rotatable bonds is 5. The van der Waals surface area contributed by atoms with Crippen LogP contribution in [0.5, 0.6) is 11.5 Å². The molecule has 0 spiro atoms. The van der Waals surface area contributed by atoms with Gasteiger partial charge in [0.2, 0.25) is 0 Å². The van der Waals surface area contributed by atoms with Crippen LogP contribution in [0.4, 0.5) is 0 Å². The second-order valence-corrected chi connectivity index (χ2v) is 7.19. The van der Waals surface area contributed by atoms with Crippen LogP contribution in [0.25, 0.3) is 0 Å². The van der Waals surface area contributed by atoms with Crippen LogP contribution in [-0.4, -0.2) is 67.7 Å². The molecule has 7 heteroatoms. The number of allylic oxidation sites excluding steroid dienone is 1. The fourth-order valence-electron chi connectivity index (χ4n) is 3.85. The molecule has 2 unspecified atom stereocenters. The Balaban J connectivity index is 1.56. The molecule has 1 aromatic heterocycles. The van der Waals surface area contributed by atoms with E-state index < -0.39 is 0 Å². The molecular weight excluding hydrogens is 366 g/mol. The molecule has 1 saturated heterocycles. The second kappa shape index (κ2) is 8.63. The van der Waals surface area contributed by atoms with Gasteiger partial charge in [0.1, 0.15) is 11.5 Å². The summed E-state index contributed by atoms with van der Waals surface area (Å²) in [6.45, 7) is 2.64. The zero-order valence-electron chi connectivity index (χ0n) is 17.1. The van der Waals surface area contributed by atoms with E-state index in [2.05, 4.69) is 45.5 Å².